The van der Waals surface area contributed by atoms with Gasteiger partial charge in [0.15, 0.2) is 0 Å². The van der Waals surface area contributed by atoms with Gasteiger partial charge in [0, 0.05) is 36.2 Å². The highest BCUT2D eigenvalue weighted by Gasteiger charge is 2.21. The number of hydrogen-bond acceptors (Lipinski definition) is 6. The van der Waals surface area contributed by atoms with Crippen LogP contribution in [0.3, 0.4) is 0 Å². The fraction of sp³-hybridized carbons (Fsp3) is 0.0833. The number of halogens is 2. The Morgan fingerprint density at radius 1 is 1.33 bits per heavy atom. The molecule has 4 rings (SSSR count). The van der Waals surface area contributed by atoms with Crippen LogP contribution in [-0.2, 0) is 6.54 Å². The van der Waals surface area contributed by atoms with Gasteiger partial charge in [-0.15, -0.1) is 0 Å². The third-order valence-corrected chi connectivity index (χ3v) is 5.75. The third kappa shape index (κ3) is 3.63. The van der Waals surface area contributed by atoms with Crippen molar-refractivity contribution in [3.8, 4) is 6.07 Å². The molecule has 1 aromatic heterocycles. The molecule has 0 saturated heterocycles. The maximum atomic E-state index is 15.3. The van der Waals surface area contributed by atoms with E-state index < -0.39 is 11.4 Å². The summed E-state index contributed by atoms with van der Waals surface area (Å²) >= 11 is 6.43. The molecule has 0 amide bonds. The van der Waals surface area contributed by atoms with E-state index in [-0.39, 0.29) is 39.4 Å². The number of nitrogens with zero attached hydrogens (tertiary/aromatic N) is 2. The number of aromatic nitrogens is 2. The van der Waals surface area contributed by atoms with Gasteiger partial charge in [-0.1, -0.05) is 35.9 Å². The van der Waals surface area contributed by atoms with E-state index in [0.29, 0.717) is 27.4 Å². The van der Waals surface area contributed by atoms with Gasteiger partial charge < -0.3 is 16.5 Å². The number of nitrogens with one attached hydrogen (secondary N) is 3. The van der Waals surface area contributed by atoms with Gasteiger partial charge in [-0.05, 0) is 29.1 Å². The van der Waals surface area contributed by atoms with Crippen LogP contribution >= 0.6 is 11.6 Å². The minimum absolute atomic E-state index is 0.0384. The lowest BCUT2D eigenvalue weighted by Crippen LogP contribution is -2.15. The van der Waals surface area contributed by atoms with Crippen LogP contribution < -0.4 is 16.6 Å². The van der Waals surface area contributed by atoms with Gasteiger partial charge in [-0.3, -0.25) is 4.79 Å². The topological polar surface area (TPSA) is 131 Å². The van der Waals surface area contributed by atoms with Crippen molar-refractivity contribution in [2.24, 2.45) is 5.73 Å². The van der Waals surface area contributed by atoms with Gasteiger partial charge in [0.1, 0.15) is 11.9 Å². The molecule has 0 atom stereocenters. The Kier molecular flexibility index (Phi) is 5.92. The second-order valence-electron chi connectivity index (χ2n) is 7.21. The number of nitrogens with two attached hydrogens (primary N) is 1. The van der Waals surface area contributed by atoms with E-state index in [0.717, 1.165) is 6.21 Å². The van der Waals surface area contributed by atoms with Gasteiger partial charge in [-0.25, -0.2) is 9.49 Å². The number of hydrogen-bond donors (Lipinski definition) is 4. The van der Waals surface area contributed by atoms with E-state index >= 15 is 4.39 Å². The first-order valence-electron chi connectivity index (χ1n) is 9.90. The van der Waals surface area contributed by atoms with Crippen LogP contribution in [0, 0.1) is 22.6 Å². The maximum Gasteiger partial charge on any atom is 0.273 e. The average molecular weight is 461 g/mol. The molecule has 3 aromatic carbocycles. The quantitative estimate of drug-likeness (QED) is 0.264. The van der Waals surface area contributed by atoms with E-state index in [1.807, 2.05) is 0 Å². The highest BCUT2D eigenvalue weighted by atomic mass is 35.5. The minimum atomic E-state index is -0.610. The summed E-state index contributed by atoms with van der Waals surface area (Å²) in [7, 11) is 1.58. The van der Waals surface area contributed by atoms with Crippen molar-refractivity contribution >= 4 is 50.6 Å². The van der Waals surface area contributed by atoms with Crippen molar-refractivity contribution in [3.05, 3.63) is 86.0 Å². The van der Waals surface area contributed by atoms with Crippen LogP contribution in [0.1, 0.15) is 22.4 Å². The van der Waals surface area contributed by atoms with Crippen molar-refractivity contribution in [2.75, 3.05) is 7.05 Å². The van der Waals surface area contributed by atoms with Crippen molar-refractivity contribution < 1.29 is 4.39 Å². The van der Waals surface area contributed by atoms with Crippen molar-refractivity contribution in [2.45, 2.75) is 6.54 Å². The number of benzene rings is 3. The molecule has 0 aliphatic carbocycles. The predicted molar refractivity (Wildman–Crippen MR) is 129 cm³/mol. The Morgan fingerprint density at radius 2 is 2.09 bits per heavy atom. The third-order valence-electron chi connectivity index (χ3n) is 5.45. The Balaban J connectivity index is 2.10. The maximum absolute atomic E-state index is 15.3. The lowest BCUT2D eigenvalue weighted by molar-refractivity contribution is 0.624. The largest absolute Gasteiger partial charge is 0.387 e. The predicted octanol–water partition coefficient (Wildman–Crippen LogP) is 3.94. The van der Waals surface area contributed by atoms with Crippen LogP contribution in [0.15, 0.2) is 47.3 Å². The van der Waals surface area contributed by atoms with Gasteiger partial charge in [0.25, 0.3) is 5.56 Å². The summed E-state index contributed by atoms with van der Waals surface area (Å²) < 4.78 is 15.3. The smallest absolute Gasteiger partial charge is 0.273 e. The molecule has 0 bridgehead atoms. The molecule has 33 heavy (non-hydrogen) atoms. The SMILES string of the molecule is CN/C(=C(\C=N)c1cc(Cl)c2c(=O)[nH]nc(CN)c2c1)c1c(F)cc2ccccc2c1C#N. The number of aromatic amines is 1. The second kappa shape index (κ2) is 8.82. The van der Waals surface area contributed by atoms with Gasteiger partial charge in [0.05, 0.1) is 32.9 Å². The molecule has 0 aliphatic heterocycles. The van der Waals surface area contributed by atoms with Crippen LogP contribution in [-0.4, -0.2) is 23.5 Å². The molecule has 0 fully saturated rings. The van der Waals surface area contributed by atoms with Gasteiger partial charge >= 0.3 is 0 Å². The summed E-state index contributed by atoms with van der Waals surface area (Å²) in [5, 5.41) is 29.2. The average Bonchev–Trinajstić information content (AvgIpc) is 2.81. The van der Waals surface area contributed by atoms with E-state index in [9.17, 15) is 10.1 Å². The zero-order valence-corrected chi connectivity index (χ0v) is 18.2. The second-order valence-corrected chi connectivity index (χ2v) is 7.62. The molecular formula is C24H18ClFN6O. The van der Waals surface area contributed by atoms with Crippen molar-refractivity contribution in [1.29, 1.82) is 10.7 Å². The summed E-state index contributed by atoms with van der Waals surface area (Å²) in [6.45, 7) is 0.0491. The van der Waals surface area contributed by atoms with E-state index in [1.165, 1.54) is 12.1 Å². The molecule has 1 heterocycles. The molecule has 0 radical (unpaired) electrons. The minimum Gasteiger partial charge on any atom is -0.387 e. The van der Waals surface area contributed by atoms with Crippen LogP contribution in [0.4, 0.5) is 4.39 Å². The molecule has 0 saturated carbocycles. The molecule has 0 aliphatic rings. The van der Waals surface area contributed by atoms with Gasteiger partial charge in [-0.2, -0.15) is 10.4 Å². The highest BCUT2D eigenvalue weighted by molar-refractivity contribution is 6.36. The van der Waals surface area contributed by atoms with Crippen molar-refractivity contribution in [1.82, 2.24) is 15.5 Å². The summed E-state index contributed by atoms with van der Waals surface area (Å²) in [5.74, 6) is -0.610. The summed E-state index contributed by atoms with van der Waals surface area (Å²) in [6, 6.07) is 13.6. The molecule has 0 spiro atoms. The molecule has 4 aromatic rings. The number of fused-ring (bicyclic) bond motifs is 2. The van der Waals surface area contributed by atoms with E-state index in [1.54, 1.807) is 37.4 Å². The number of rotatable bonds is 5. The molecular weight excluding hydrogens is 443 g/mol. The Labute approximate surface area is 192 Å². The zero-order chi connectivity index (χ0) is 23.7. The summed E-state index contributed by atoms with van der Waals surface area (Å²) in [5.41, 5.74) is 6.84. The Morgan fingerprint density at radius 3 is 2.76 bits per heavy atom. The first-order valence-corrected chi connectivity index (χ1v) is 10.3. The Bertz CT molecular complexity index is 1570. The first kappa shape index (κ1) is 22.1. The lowest BCUT2D eigenvalue weighted by Gasteiger charge is -2.17. The van der Waals surface area contributed by atoms with Crippen LogP contribution in [0.5, 0.6) is 0 Å². The number of H-pyrrole nitrogens is 1. The van der Waals surface area contributed by atoms with Crippen LogP contribution in [0.2, 0.25) is 5.02 Å². The first-order chi connectivity index (χ1) is 15.9. The highest BCUT2D eigenvalue weighted by Crippen LogP contribution is 2.34. The Hall–Kier alpha value is -4.06. The van der Waals surface area contributed by atoms with E-state index in [2.05, 4.69) is 21.6 Å². The van der Waals surface area contributed by atoms with Gasteiger partial charge in [0.2, 0.25) is 0 Å². The molecule has 164 valence electrons. The summed E-state index contributed by atoms with van der Waals surface area (Å²) in [6.07, 6.45) is 1.04. The monoisotopic (exact) mass is 460 g/mol. The molecule has 7 nitrogen and oxygen atoms in total. The standard InChI is InChI=1S/C24H18ClFN6O/c1-30-23(22-17(10-28)14-5-3-2-4-12(14)8-19(22)26)16(9-27)13-6-15-20(11-29)31-32-24(33)21(15)18(25)7-13/h2-9,27,30H,11,29H2,1H3,(H,32,33)/b23-16+,27-9?. The van der Waals surface area contributed by atoms with Crippen molar-refractivity contribution in [3.63, 3.8) is 0 Å². The summed E-state index contributed by atoms with van der Waals surface area (Å²) in [4.78, 5) is 12.3. The van der Waals surface area contributed by atoms with Crippen LogP contribution in [0.25, 0.3) is 32.8 Å². The number of allylic oxidation sites excluding steroid dienone is 1. The molecule has 9 heteroatoms. The molecule has 0 unspecified atom stereocenters. The zero-order valence-electron chi connectivity index (χ0n) is 17.5. The molecule has 5 N–H and O–H groups in total. The normalized spacial score (nSPS) is 11.8. The number of nitriles is 1. The lowest BCUT2D eigenvalue weighted by atomic mass is 9.92. The fourth-order valence-electron chi connectivity index (χ4n) is 3.98. The fourth-order valence-corrected chi connectivity index (χ4v) is 4.28. The van der Waals surface area contributed by atoms with E-state index in [4.69, 9.17) is 22.7 Å².